The van der Waals surface area contributed by atoms with E-state index in [-0.39, 0.29) is 57.7 Å². The summed E-state index contributed by atoms with van der Waals surface area (Å²) in [6, 6.07) is 0. The maximum Gasteiger partial charge on any atom is 0.187 e. The van der Waals surface area contributed by atoms with E-state index < -0.39 is 117 Å². The van der Waals surface area contributed by atoms with Crippen molar-refractivity contribution in [1.29, 1.82) is 0 Å². The van der Waals surface area contributed by atoms with Gasteiger partial charge in [0.1, 0.15) is 67.1 Å². The fourth-order valence-electron chi connectivity index (χ4n) is 16.3. The molecule has 5 saturated carbocycles. The third-order valence-corrected chi connectivity index (χ3v) is 20.4. The Morgan fingerprint density at radius 3 is 1.80 bits per heavy atom. The molecule has 0 amide bonds. The van der Waals surface area contributed by atoms with E-state index >= 15 is 0 Å². The van der Waals surface area contributed by atoms with Crippen molar-refractivity contribution in [1.82, 2.24) is 0 Å². The quantitative estimate of drug-likeness (QED) is 0.129. The zero-order valence-corrected chi connectivity index (χ0v) is 38.9. The van der Waals surface area contributed by atoms with Crippen LogP contribution in [0.5, 0.6) is 0 Å². The normalized spacial score (nSPS) is 58.6. The van der Waals surface area contributed by atoms with Crippen molar-refractivity contribution in [3.63, 3.8) is 0 Å². The molecule has 9 aliphatic rings. The first-order chi connectivity index (χ1) is 30.5. The van der Waals surface area contributed by atoms with E-state index in [0.29, 0.717) is 25.4 Å². The van der Waals surface area contributed by atoms with Crippen molar-refractivity contribution in [2.45, 2.75) is 210 Å². The van der Waals surface area contributed by atoms with Crippen LogP contribution in [0.2, 0.25) is 0 Å². The molecule has 0 aromatic carbocycles. The molecule has 0 radical (unpaired) electrons. The fourth-order valence-corrected chi connectivity index (χ4v) is 16.3. The molecule has 4 aliphatic heterocycles. The zero-order chi connectivity index (χ0) is 47.0. The zero-order valence-electron chi connectivity index (χ0n) is 38.9. The number of rotatable bonds is 9. The Morgan fingerprint density at radius 1 is 0.569 bits per heavy atom. The first kappa shape index (κ1) is 49.3. The maximum absolute atomic E-state index is 12.3. The summed E-state index contributed by atoms with van der Waals surface area (Å²) in [7, 11) is 0. The van der Waals surface area contributed by atoms with E-state index in [9.17, 15) is 56.2 Å². The predicted octanol–water partition coefficient (Wildman–Crippen LogP) is -0.563. The lowest BCUT2D eigenvalue weighted by Gasteiger charge is -2.75. The highest BCUT2D eigenvalue weighted by Crippen LogP contribution is 2.80. The molecule has 4 saturated heterocycles. The van der Waals surface area contributed by atoms with Crippen molar-refractivity contribution >= 4 is 0 Å². The molecule has 11 N–H and O–H groups in total. The number of hydrogen-bond acceptors (Lipinski definition) is 18. The maximum atomic E-state index is 12.3. The van der Waals surface area contributed by atoms with Gasteiger partial charge in [-0.05, 0) is 104 Å². The molecule has 25 atom stereocenters. The van der Waals surface area contributed by atoms with Gasteiger partial charge in [-0.3, -0.25) is 0 Å². The highest BCUT2D eigenvalue weighted by atomic mass is 16.8. The van der Waals surface area contributed by atoms with Gasteiger partial charge in [-0.2, -0.15) is 0 Å². The second-order valence-electron chi connectivity index (χ2n) is 23.6. The minimum Gasteiger partial charge on any atom is -0.396 e. The van der Waals surface area contributed by atoms with Crippen molar-refractivity contribution in [3.05, 3.63) is 0 Å². The summed E-state index contributed by atoms with van der Waals surface area (Å²) in [5, 5.41) is 118. The third kappa shape index (κ3) is 7.07. The van der Waals surface area contributed by atoms with Gasteiger partial charge in [-0.25, -0.2) is 0 Å². The lowest BCUT2D eigenvalue weighted by Crippen LogP contribution is -2.74. The molecule has 18 nitrogen and oxygen atoms in total. The molecule has 9 fully saturated rings. The molecule has 18 heteroatoms. The van der Waals surface area contributed by atoms with E-state index in [2.05, 4.69) is 41.5 Å². The highest BCUT2D eigenvalue weighted by Gasteiger charge is 2.80. The van der Waals surface area contributed by atoms with Crippen LogP contribution in [0.4, 0.5) is 0 Å². The van der Waals surface area contributed by atoms with Gasteiger partial charge in [0.15, 0.2) is 18.9 Å². The summed E-state index contributed by atoms with van der Waals surface area (Å²) in [5.74, 6) is 0.677. The summed E-state index contributed by atoms with van der Waals surface area (Å²) >= 11 is 0. The largest absolute Gasteiger partial charge is 0.396 e. The molecule has 0 aromatic rings. The van der Waals surface area contributed by atoms with Gasteiger partial charge < -0.3 is 89.3 Å². The lowest BCUT2D eigenvalue weighted by molar-refractivity contribution is -0.383. The Bertz CT molecular complexity index is 1720. The Labute approximate surface area is 381 Å². The topological polar surface area (TPSA) is 287 Å². The molecule has 2 bridgehead atoms. The first-order valence-corrected chi connectivity index (χ1v) is 24.3. The smallest absolute Gasteiger partial charge is 0.187 e. The second-order valence-corrected chi connectivity index (χ2v) is 23.6. The Hall–Kier alpha value is -0.720. The van der Waals surface area contributed by atoms with Gasteiger partial charge in [-0.15, -0.1) is 0 Å². The fraction of sp³-hybridized carbons (Fsp3) is 1.00. The van der Waals surface area contributed by atoms with E-state index in [1.165, 1.54) is 0 Å². The summed E-state index contributed by atoms with van der Waals surface area (Å²) in [4.78, 5) is 0. The monoisotopic (exact) mass is 931 g/mol. The van der Waals surface area contributed by atoms with Crippen molar-refractivity contribution in [3.8, 4) is 0 Å². The number of aliphatic hydroxyl groups excluding tert-OH is 11. The van der Waals surface area contributed by atoms with Gasteiger partial charge >= 0.3 is 0 Å². The molecule has 5 aliphatic carbocycles. The molecular weight excluding hydrogens is 852 g/mol. The number of aliphatic hydroxyl groups is 11. The summed E-state index contributed by atoms with van der Waals surface area (Å²) in [6.07, 6.45) is -14.5. The van der Waals surface area contributed by atoms with E-state index in [1.807, 2.05) is 0 Å². The summed E-state index contributed by atoms with van der Waals surface area (Å²) < 4.78 is 43.8. The molecule has 3 unspecified atom stereocenters. The molecule has 9 rings (SSSR count). The predicted molar refractivity (Wildman–Crippen MR) is 225 cm³/mol. The van der Waals surface area contributed by atoms with Gasteiger partial charge in [0.25, 0.3) is 0 Å². The van der Waals surface area contributed by atoms with Crippen molar-refractivity contribution in [2.24, 2.45) is 50.2 Å². The van der Waals surface area contributed by atoms with Crippen LogP contribution in [-0.2, 0) is 33.2 Å². The molecule has 1 spiro atoms. The second kappa shape index (κ2) is 17.0. The molecule has 65 heavy (non-hydrogen) atoms. The SMILES string of the molecule is CC1(C)[C@@H](O[C@@H]2OC[C@H](O[C@@H]3O[C@H](CO)C(O)C(O)C3O)[C@H](O)[C@H]2O[C@@H]2O[C@H](CO)[C@@H](O)[C@H](O)[C@H]2O)CC[C@]2(C)[C@H]3CC[C@]45OC[C@@]6(CC[C@](C)(CO)C[C@H]64)[C@H](O)C[C@@]5(C)[C@]3(C)CC[C@@H]12. The average Bonchev–Trinajstić information content (AvgIpc) is 3.55. The van der Waals surface area contributed by atoms with Gasteiger partial charge in [0, 0.05) is 17.4 Å². The average molecular weight is 931 g/mol. The lowest BCUT2D eigenvalue weighted by atomic mass is 9.30. The van der Waals surface area contributed by atoms with Crippen LogP contribution in [0.25, 0.3) is 0 Å². The van der Waals surface area contributed by atoms with Gasteiger partial charge in [-0.1, -0.05) is 41.5 Å². The highest BCUT2D eigenvalue weighted by molar-refractivity contribution is 5.28. The van der Waals surface area contributed by atoms with Crippen LogP contribution in [0, 0.1) is 50.2 Å². The van der Waals surface area contributed by atoms with Crippen molar-refractivity contribution in [2.75, 3.05) is 33.0 Å². The Morgan fingerprint density at radius 2 is 1.18 bits per heavy atom. The van der Waals surface area contributed by atoms with Crippen LogP contribution in [0.3, 0.4) is 0 Å². The minimum atomic E-state index is -1.82. The van der Waals surface area contributed by atoms with E-state index in [0.717, 1.165) is 51.4 Å². The van der Waals surface area contributed by atoms with Gasteiger partial charge in [0.05, 0.1) is 44.2 Å². The first-order valence-electron chi connectivity index (χ1n) is 24.3. The number of ether oxygens (including phenoxy) is 7. The molecule has 0 aromatic heterocycles. The summed E-state index contributed by atoms with van der Waals surface area (Å²) in [6.45, 7) is 12.9. The summed E-state index contributed by atoms with van der Waals surface area (Å²) in [5.41, 5.74) is -1.88. The standard InChI is InChI=1S/C47H78O18/c1-41(2)25-7-11-44(5)26(8-12-47-27-15-42(3,20-50)13-14-46(27,21-60-47)28(51)16-45(44,47)6)43(25,4)10-9-29(41)64-40-37(65-39-36(58)34(56)31(53)23(18-49)62-39)32(54)24(19-59-40)63-38-35(57)33(55)30(52)22(17-48)61-38/h22-40,48-58H,7-21H2,1-6H3/t22-,23-,24+,25+,26-,27-,28-,29+,30?,31-,32+,33?,34+,35?,36-,37-,38+,39+,40+,42+,43+,44-,45+,46-,47+/m1/s1. The number of hydrogen-bond donors (Lipinski definition) is 11. The Balaban J connectivity index is 0.962. The van der Waals surface area contributed by atoms with Crippen LogP contribution in [0.15, 0.2) is 0 Å². The van der Waals surface area contributed by atoms with E-state index in [1.54, 1.807) is 0 Å². The van der Waals surface area contributed by atoms with Crippen LogP contribution < -0.4 is 0 Å². The van der Waals surface area contributed by atoms with Crippen LogP contribution in [0.1, 0.15) is 106 Å². The molecule has 374 valence electrons. The van der Waals surface area contributed by atoms with Crippen molar-refractivity contribution < 1.29 is 89.3 Å². The van der Waals surface area contributed by atoms with E-state index in [4.69, 9.17) is 33.2 Å². The Kier molecular flexibility index (Phi) is 12.9. The van der Waals surface area contributed by atoms with Gasteiger partial charge in [0.2, 0.25) is 0 Å². The molecular formula is C47H78O18. The molecule has 4 heterocycles. The third-order valence-electron chi connectivity index (χ3n) is 20.4. The van der Waals surface area contributed by atoms with Crippen LogP contribution >= 0.6 is 0 Å². The number of fused-ring (bicyclic) bond motifs is 4. The minimum absolute atomic E-state index is 0.116. The van der Waals surface area contributed by atoms with Crippen LogP contribution in [-0.4, -0.2) is 193 Å².